The Morgan fingerprint density at radius 3 is 1.59 bits per heavy atom. The highest BCUT2D eigenvalue weighted by molar-refractivity contribution is 6.78. The number of nitrogens with zero attached hydrogens (tertiary/aromatic N) is 2. The highest BCUT2D eigenvalue weighted by atomic mass is 28.5. The summed E-state index contributed by atoms with van der Waals surface area (Å²) in [5.74, 6) is 0. The van der Waals surface area contributed by atoms with Crippen LogP contribution in [0.4, 0.5) is 0 Å². The Morgan fingerprint density at radius 2 is 1.29 bits per heavy atom. The van der Waals surface area contributed by atoms with Gasteiger partial charge in [0.05, 0.1) is 12.1 Å². The molecule has 0 aromatic heterocycles. The molecule has 0 aromatic rings. The molecule has 0 amide bonds. The molecule has 0 aliphatic rings. The van der Waals surface area contributed by atoms with Crippen LogP contribution in [0.25, 0.3) is 0 Å². The summed E-state index contributed by atoms with van der Waals surface area (Å²) < 4.78 is 5.49. The summed E-state index contributed by atoms with van der Waals surface area (Å²) in [6.07, 6.45) is 1.98. The van der Waals surface area contributed by atoms with Gasteiger partial charge in [-0.05, 0) is 38.0 Å². The largest absolute Gasteiger partial charge is 0.415 e. The van der Waals surface area contributed by atoms with E-state index in [9.17, 15) is 9.59 Å². The maximum absolute atomic E-state index is 10.1. The number of hydrogen-bond donors (Lipinski definition) is 2. The molecule has 2 unspecified atom stereocenters. The molecule has 0 saturated carbocycles. The Labute approximate surface area is 105 Å². The molecule has 96 valence electrons. The lowest BCUT2D eigenvalue weighted by molar-refractivity contribution is 0.305. The summed E-state index contributed by atoms with van der Waals surface area (Å²) in [6.45, 7) is 3.27. The van der Waals surface area contributed by atoms with Gasteiger partial charge in [-0.25, -0.2) is 0 Å². The van der Waals surface area contributed by atoms with Crippen LogP contribution in [0.15, 0.2) is 0 Å². The van der Waals surface area contributed by atoms with Crippen LogP contribution in [0, 0.1) is 22.7 Å². The van der Waals surface area contributed by atoms with Gasteiger partial charge >= 0.3 is 17.1 Å². The zero-order valence-corrected chi connectivity index (χ0v) is 12.4. The first-order chi connectivity index (χ1) is 7.83. The molecule has 0 spiro atoms. The quantitative estimate of drug-likeness (QED) is 0.518. The van der Waals surface area contributed by atoms with Crippen molar-refractivity contribution in [3.63, 3.8) is 0 Å². The van der Waals surface area contributed by atoms with Crippen LogP contribution in [0.1, 0.15) is 25.7 Å². The zero-order valence-electron chi connectivity index (χ0n) is 10.4. The van der Waals surface area contributed by atoms with Crippen molar-refractivity contribution in [2.24, 2.45) is 0 Å². The normalized spacial score (nSPS) is 17.5. The Bertz CT molecular complexity index is 278. The Morgan fingerprint density at radius 1 is 0.941 bits per heavy atom. The minimum Gasteiger partial charge on any atom is -0.415 e. The van der Waals surface area contributed by atoms with Crippen molar-refractivity contribution in [1.82, 2.24) is 0 Å². The molecule has 0 heterocycles. The Hall–Kier alpha value is -0.706. The van der Waals surface area contributed by atoms with E-state index in [4.69, 9.17) is 14.6 Å². The Kier molecular flexibility index (Phi) is 7.27. The van der Waals surface area contributed by atoms with E-state index in [1.807, 2.05) is 12.1 Å². The summed E-state index contributed by atoms with van der Waals surface area (Å²) in [4.78, 5) is 20.1. The molecule has 0 fully saturated rings. The average molecular weight is 272 g/mol. The fourth-order valence-corrected chi connectivity index (χ4v) is 7.84. The van der Waals surface area contributed by atoms with E-state index in [1.54, 1.807) is 13.1 Å². The predicted molar refractivity (Wildman–Crippen MR) is 68.1 cm³/mol. The standard InChI is InChI=1S/C10H20N2O3Si2/c1-16(13,9-5-3-7-11)15-17(2,14)10-6-4-8-12/h13-14H,3-6,9-10H2,1-2H3. The highest BCUT2D eigenvalue weighted by Crippen LogP contribution is 2.21. The van der Waals surface area contributed by atoms with Crippen LogP contribution >= 0.6 is 0 Å². The fourth-order valence-electron chi connectivity index (χ4n) is 1.57. The second-order valence-corrected chi connectivity index (χ2v) is 11.0. The van der Waals surface area contributed by atoms with Crippen LogP contribution in [-0.4, -0.2) is 26.7 Å². The van der Waals surface area contributed by atoms with Gasteiger partial charge in [-0.1, -0.05) is 0 Å². The second-order valence-electron chi connectivity index (χ2n) is 4.48. The van der Waals surface area contributed by atoms with Crippen molar-refractivity contribution in [3.05, 3.63) is 0 Å². The number of rotatable bonds is 8. The minimum absolute atomic E-state index is 0.393. The van der Waals surface area contributed by atoms with Crippen molar-refractivity contribution >= 4 is 17.1 Å². The molecule has 0 aliphatic carbocycles. The molecular weight excluding hydrogens is 252 g/mol. The van der Waals surface area contributed by atoms with Gasteiger partial charge in [-0.2, -0.15) is 10.5 Å². The third kappa shape index (κ3) is 9.04. The van der Waals surface area contributed by atoms with Gasteiger partial charge in [-0.3, -0.25) is 0 Å². The average Bonchev–Trinajstić information content (AvgIpc) is 2.16. The van der Waals surface area contributed by atoms with E-state index in [-0.39, 0.29) is 0 Å². The number of hydrogen-bond acceptors (Lipinski definition) is 5. The van der Waals surface area contributed by atoms with Gasteiger partial charge in [0, 0.05) is 12.8 Å². The maximum Gasteiger partial charge on any atom is 0.323 e. The summed E-state index contributed by atoms with van der Waals surface area (Å²) >= 11 is 0. The van der Waals surface area contributed by atoms with E-state index in [0.717, 1.165) is 0 Å². The van der Waals surface area contributed by atoms with Crippen LogP contribution in [0.5, 0.6) is 0 Å². The monoisotopic (exact) mass is 272 g/mol. The van der Waals surface area contributed by atoms with E-state index in [1.165, 1.54) is 0 Å². The molecule has 2 atom stereocenters. The molecule has 0 radical (unpaired) electrons. The molecule has 7 heteroatoms. The van der Waals surface area contributed by atoms with Gasteiger partial charge in [-0.15, -0.1) is 0 Å². The summed E-state index contributed by atoms with van der Waals surface area (Å²) in [5.41, 5.74) is 0. The van der Waals surface area contributed by atoms with Crippen molar-refractivity contribution in [1.29, 1.82) is 10.5 Å². The third-order valence-electron chi connectivity index (χ3n) is 2.30. The summed E-state index contributed by atoms with van der Waals surface area (Å²) in [7, 11) is -5.72. The van der Waals surface area contributed by atoms with E-state index >= 15 is 0 Å². The van der Waals surface area contributed by atoms with Gasteiger partial charge in [0.1, 0.15) is 0 Å². The molecule has 0 aliphatic heterocycles. The van der Waals surface area contributed by atoms with Crippen molar-refractivity contribution < 1.29 is 13.7 Å². The Balaban J connectivity index is 4.09. The molecule has 17 heavy (non-hydrogen) atoms. The molecule has 0 rings (SSSR count). The predicted octanol–water partition coefficient (Wildman–Crippen LogP) is 1.74. The van der Waals surface area contributed by atoms with Crippen LogP contribution in [0.3, 0.4) is 0 Å². The third-order valence-corrected chi connectivity index (χ3v) is 8.38. The topological polar surface area (TPSA) is 97.3 Å². The SMILES string of the molecule is C[Si](O)(CCCC#N)O[Si](C)(O)CCCC#N. The number of unbranched alkanes of at least 4 members (excludes halogenated alkanes) is 2. The molecule has 2 N–H and O–H groups in total. The maximum atomic E-state index is 10.1. The van der Waals surface area contributed by atoms with Gasteiger partial charge in [0.15, 0.2) is 0 Å². The highest BCUT2D eigenvalue weighted by Gasteiger charge is 2.37. The lowest BCUT2D eigenvalue weighted by Gasteiger charge is -2.29. The van der Waals surface area contributed by atoms with Crippen molar-refractivity contribution in [2.75, 3.05) is 0 Å². The number of nitriles is 2. The van der Waals surface area contributed by atoms with Crippen LogP contribution in [-0.2, 0) is 4.12 Å². The summed E-state index contributed by atoms with van der Waals surface area (Å²) in [6, 6.07) is 4.95. The molecule has 5 nitrogen and oxygen atoms in total. The van der Waals surface area contributed by atoms with Crippen LogP contribution < -0.4 is 0 Å². The van der Waals surface area contributed by atoms with Gasteiger partial charge < -0.3 is 13.7 Å². The molecule has 0 aromatic carbocycles. The second kappa shape index (κ2) is 7.59. The molecular formula is C10H20N2O3Si2. The van der Waals surface area contributed by atoms with Crippen molar-refractivity contribution in [2.45, 2.75) is 50.9 Å². The smallest absolute Gasteiger partial charge is 0.323 e. The van der Waals surface area contributed by atoms with E-state index in [2.05, 4.69) is 0 Å². The lowest BCUT2D eigenvalue weighted by Crippen LogP contribution is -2.48. The summed E-state index contributed by atoms with van der Waals surface area (Å²) in [5, 5.41) is 16.8. The van der Waals surface area contributed by atoms with E-state index < -0.39 is 17.1 Å². The first-order valence-corrected chi connectivity index (χ1v) is 10.8. The van der Waals surface area contributed by atoms with Gasteiger partial charge in [0.2, 0.25) is 0 Å². The first kappa shape index (κ1) is 16.3. The van der Waals surface area contributed by atoms with E-state index in [0.29, 0.717) is 37.8 Å². The zero-order chi connectivity index (χ0) is 13.4. The van der Waals surface area contributed by atoms with Crippen molar-refractivity contribution in [3.8, 4) is 12.1 Å². The lowest BCUT2D eigenvalue weighted by atomic mass is 10.4. The molecule has 0 saturated heterocycles. The first-order valence-electron chi connectivity index (χ1n) is 5.72. The van der Waals surface area contributed by atoms with Crippen LogP contribution in [0.2, 0.25) is 25.2 Å². The molecule has 0 bridgehead atoms. The minimum atomic E-state index is -2.86. The fraction of sp³-hybridized carbons (Fsp3) is 0.800. The van der Waals surface area contributed by atoms with Gasteiger partial charge in [0.25, 0.3) is 0 Å².